The molecule has 0 amide bonds. The van der Waals surface area contributed by atoms with Crippen molar-refractivity contribution in [2.45, 2.75) is 32.6 Å². The van der Waals surface area contributed by atoms with Gasteiger partial charge in [-0.2, -0.15) is 0 Å². The number of ether oxygens (including phenoxy) is 1. The van der Waals surface area contributed by atoms with Gasteiger partial charge in [-0.15, -0.1) is 0 Å². The summed E-state index contributed by atoms with van der Waals surface area (Å²) in [5.41, 5.74) is 0. The number of aldehydes is 1. The van der Waals surface area contributed by atoms with E-state index in [9.17, 15) is 4.79 Å². The third kappa shape index (κ3) is 5.30. The Balaban J connectivity index is 0.000000354. The lowest BCUT2D eigenvalue weighted by molar-refractivity contribution is -0.112. The van der Waals surface area contributed by atoms with Gasteiger partial charge in [-0.05, 0) is 18.8 Å². The summed E-state index contributed by atoms with van der Waals surface area (Å²) in [7, 11) is 3.25. The summed E-state index contributed by atoms with van der Waals surface area (Å²) in [6.45, 7) is 2.26. The zero-order valence-corrected chi connectivity index (χ0v) is 8.38. The second-order valence-corrected chi connectivity index (χ2v) is 3.56. The van der Waals surface area contributed by atoms with Crippen molar-refractivity contribution in [3.05, 3.63) is 0 Å². The van der Waals surface area contributed by atoms with Gasteiger partial charge < -0.3 is 9.53 Å². The van der Waals surface area contributed by atoms with Crippen LogP contribution in [0.1, 0.15) is 32.6 Å². The van der Waals surface area contributed by atoms with E-state index < -0.39 is 0 Å². The summed E-state index contributed by atoms with van der Waals surface area (Å²) in [6.07, 6.45) is 5.88. The van der Waals surface area contributed by atoms with Crippen LogP contribution in [0.5, 0.6) is 0 Å². The molecule has 0 aromatic heterocycles. The van der Waals surface area contributed by atoms with Gasteiger partial charge in [-0.1, -0.05) is 19.8 Å². The van der Waals surface area contributed by atoms with Crippen molar-refractivity contribution in [1.29, 1.82) is 0 Å². The van der Waals surface area contributed by atoms with E-state index in [0.717, 1.165) is 25.0 Å². The van der Waals surface area contributed by atoms with E-state index in [2.05, 4.69) is 11.7 Å². The average molecular weight is 172 g/mol. The molecule has 1 rings (SSSR count). The van der Waals surface area contributed by atoms with Crippen molar-refractivity contribution in [1.82, 2.24) is 0 Å². The summed E-state index contributed by atoms with van der Waals surface area (Å²) in [5, 5.41) is 0. The van der Waals surface area contributed by atoms with Crippen LogP contribution in [0.15, 0.2) is 0 Å². The van der Waals surface area contributed by atoms with Gasteiger partial charge >= 0.3 is 0 Å². The maximum absolute atomic E-state index is 10.3. The van der Waals surface area contributed by atoms with Crippen LogP contribution in [-0.4, -0.2) is 20.5 Å². The Morgan fingerprint density at radius 3 is 1.92 bits per heavy atom. The van der Waals surface area contributed by atoms with Gasteiger partial charge in [0.15, 0.2) is 0 Å². The van der Waals surface area contributed by atoms with E-state index in [0.29, 0.717) is 5.92 Å². The third-order valence-electron chi connectivity index (χ3n) is 2.25. The van der Waals surface area contributed by atoms with E-state index in [1.165, 1.54) is 12.8 Å². The topological polar surface area (TPSA) is 26.3 Å². The normalized spacial score (nSPS) is 28.6. The van der Waals surface area contributed by atoms with Crippen molar-refractivity contribution in [2.24, 2.45) is 11.8 Å². The molecule has 1 aliphatic rings. The van der Waals surface area contributed by atoms with Crippen LogP contribution in [0.3, 0.4) is 0 Å². The van der Waals surface area contributed by atoms with E-state index in [4.69, 9.17) is 0 Å². The highest BCUT2D eigenvalue weighted by Crippen LogP contribution is 2.26. The molecule has 0 aromatic carbocycles. The molecule has 0 unspecified atom stereocenters. The molecule has 0 heterocycles. The summed E-state index contributed by atoms with van der Waals surface area (Å²) < 4.78 is 4.25. The molecule has 0 spiro atoms. The quantitative estimate of drug-likeness (QED) is 0.567. The number of hydrogen-bond donors (Lipinski definition) is 0. The highest BCUT2D eigenvalue weighted by atomic mass is 16.4. The van der Waals surface area contributed by atoms with Crippen LogP contribution in [0, 0.1) is 11.8 Å². The molecule has 0 aliphatic heterocycles. The summed E-state index contributed by atoms with van der Waals surface area (Å²) in [5.74, 6) is 1.25. The molecule has 0 radical (unpaired) electrons. The van der Waals surface area contributed by atoms with Gasteiger partial charge in [-0.25, -0.2) is 0 Å². The molecule has 1 fully saturated rings. The van der Waals surface area contributed by atoms with Gasteiger partial charge in [-0.3, -0.25) is 0 Å². The zero-order valence-electron chi connectivity index (χ0n) is 8.38. The lowest BCUT2D eigenvalue weighted by Crippen LogP contribution is -2.12. The Labute approximate surface area is 75.3 Å². The third-order valence-corrected chi connectivity index (χ3v) is 2.25. The van der Waals surface area contributed by atoms with Crippen LogP contribution < -0.4 is 0 Å². The van der Waals surface area contributed by atoms with Gasteiger partial charge in [0.25, 0.3) is 0 Å². The molecule has 0 aromatic rings. The second kappa shape index (κ2) is 7.29. The van der Waals surface area contributed by atoms with Gasteiger partial charge in [0, 0.05) is 20.1 Å². The number of carbonyl (C=O) groups excluding carboxylic acids is 1. The Morgan fingerprint density at radius 1 is 1.17 bits per heavy atom. The lowest BCUT2D eigenvalue weighted by atomic mass is 9.84. The first-order chi connectivity index (χ1) is 5.74. The van der Waals surface area contributed by atoms with Crippen LogP contribution in [0.2, 0.25) is 0 Å². The Morgan fingerprint density at radius 2 is 1.58 bits per heavy atom. The predicted octanol–water partition coefficient (Wildman–Crippen LogP) is 2.27. The smallest absolute Gasteiger partial charge is 0.123 e. The monoisotopic (exact) mass is 172 g/mol. The number of hydrogen-bond acceptors (Lipinski definition) is 2. The van der Waals surface area contributed by atoms with E-state index >= 15 is 0 Å². The second-order valence-electron chi connectivity index (χ2n) is 3.56. The molecule has 72 valence electrons. The number of carbonyl (C=O) groups is 1. The first-order valence-corrected chi connectivity index (χ1v) is 4.60. The van der Waals surface area contributed by atoms with Gasteiger partial charge in [0.2, 0.25) is 0 Å². The summed E-state index contributed by atoms with van der Waals surface area (Å²) in [6, 6.07) is 0. The predicted molar refractivity (Wildman–Crippen MR) is 50.1 cm³/mol. The van der Waals surface area contributed by atoms with Crippen molar-refractivity contribution in [2.75, 3.05) is 14.2 Å². The van der Waals surface area contributed by atoms with Gasteiger partial charge in [0.05, 0.1) is 0 Å². The van der Waals surface area contributed by atoms with Crippen molar-refractivity contribution >= 4 is 6.29 Å². The maximum atomic E-state index is 10.3. The van der Waals surface area contributed by atoms with E-state index in [1.54, 1.807) is 14.2 Å². The molecule has 1 saturated carbocycles. The minimum Gasteiger partial charge on any atom is -0.388 e. The Kier molecular flexibility index (Phi) is 7.06. The largest absolute Gasteiger partial charge is 0.388 e. The van der Waals surface area contributed by atoms with Crippen LogP contribution in [0.4, 0.5) is 0 Å². The molecular formula is C10H20O2. The molecule has 12 heavy (non-hydrogen) atoms. The van der Waals surface area contributed by atoms with Gasteiger partial charge in [0.1, 0.15) is 6.29 Å². The van der Waals surface area contributed by atoms with Crippen molar-refractivity contribution in [3.8, 4) is 0 Å². The fraction of sp³-hybridized carbons (Fsp3) is 0.900. The van der Waals surface area contributed by atoms with E-state index in [-0.39, 0.29) is 0 Å². The highest BCUT2D eigenvalue weighted by Gasteiger charge is 2.16. The fourth-order valence-corrected chi connectivity index (χ4v) is 1.42. The van der Waals surface area contributed by atoms with Crippen LogP contribution >= 0.6 is 0 Å². The summed E-state index contributed by atoms with van der Waals surface area (Å²) >= 11 is 0. The minimum absolute atomic E-state index is 0.390. The maximum Gasteiger partial charge on any atom is 0.123 e. The standard InChI is InChI=1S/C8H14O.C2H6O/c1-7-2-4-8(6-9)5-3-7;1-3-2/h6-8H,2-5H2,1H3;1-2H3. The molecular weight excluding hydrogens is 152 g/mol. The molecule has 0 bridgehead atoms. The van der Waals surface area contributed by atoms with E-state index in [1.807, 2.05) is 0 Å². The Hall–Kier alpha value is -0.370. The minimum atomic E-state index is 0.390. The number of methoxy groups -OCH3 is 1. The zero-order chi connectivity index (χ0) is 9.40. The average Bonchev–Trinajstić information content (AvgIpc) is 2.07. The first-order valence-electron chi connectivity index (χ1n) is 4.60. The SMILES string of the molecule is CC1CCC(C=O)CC1.COC. The molecule has 0 N–H and O–H groups in total. The molecule has 2 nitrogen and oxygen atoms in total. The summed E-state index contributed by atoms with van der Waals surface area (Å²) in [4.78, 5) is 10.3. The number of rotatable bonds is 1. The fourth-order valence-electron chi connectivity index (χ4n) is 1.42. The van der Waals surface area contributed by atoms with Crippen LogP contribution in [0.25, 0.3) is 0 Å². The van der Waals surface area contributed by atoms with Crippen LogP contribution in [-0.2, 0) is 9.53 Å². The highest BCUT2D eigenvalue weighted by molar-refractivity contribution is 5.53. The molecule has 0 saturated heterocycles. The molecule has 0 atom stereocenters. The Bertz CT molecular complexity index is 104. The first kappa shape index (κ1) is 11.6. The van der Waals surface area contributed by atoms with Crippen molar-refractivity contribution in [3.63, 3.8) is 0 Å². The lowest BCUT2D eigenvalue weighted by Gasteiger charge is -2.21. The molecule has 2 heteroatoms. The molecule has 1 aliphatic carbocycles. The van der Waals surface area contributed by atoms with Crippen molar-refractivity contribution < 1.29 is 9.53 Å².